The fourth-order valence-electron chi connectivity index (χ4n) is 3.42. The number of aliphatic hydroxyl groups is 1. The van der Waals surface area contributed by atoms with Gasteiger partial charge in [-0.1, -0.05) is 6.07 Å². The Morgan fingerprint density at radius 3 is 2.43 bits per heavy atom. The molecule has 152 valence electrons. The second-order valence-corrected chi connectivity index (χ2v) is 7.26. The highest BCUT2D eigenvalue weighted by molar-refractivity contribution is 5.85. The lowest BCUT2D eigenvalue weighted by atomic mass is 9.92. The number of benzene rings is 1. The molecular weight excluding hydrogens is 378 g/mol. The standard InChI is InChI=1S/C19H21F4N3O2/c1-12-3-4-16(14(20)11-12)26-15(5-8-24-26)13-6-9-25(10-7-13)17(27)18(2,28)19(21,22)23/h3-5,8,11,13,28H,6-7,9-10H2,1-2H3/t18-/m1/s1. The highest BCUT2D eigenvalue weighted by Gasteiger charge is 2.57. The third kappa shape index (κ3) is 3.63. The monoisotopic (exact) mass is 399 g/mol. The molecule has 2 heterocycles. The number of aryl methyl sites for hydroxylation is 1. The van der Waals surface area contributed by atoms with Crippen LogP contribution in [0.15, 0.2) is 30.5 Å². The summed E-state index contributed by atoms with van der Waals surface area (Å²) < 4.78 is 54.5. The van der Waals surface area contributed by atoms with E-state index in [4.69, 9.17) is 0 Å². The SMILES string of the molecule is Cc1ccc(-n2nccc2C2CCN(C(=O)[C@@](C)(O)C(F)(F)F)CC2)c(F)c1. The molecular formula is C19H21F4N3O2. The number of rotatable bonds is 3. The van der Waals surface area contributed by atoms with Crippen LogP contribution in [-0.2, 0) is 4.79 Å². The van der Waals surface area contributed by atoms with Crippen LogP contribution < -0.4 is 0 Å². The van der Waals surface area contributed by atoms with Crippen LogP contribution in [0.25, 0.3) is 5.69 Å². The zero-order chi connectivity index (χ0) is 20.7. The van der Waals surface area contributed by atoms with Gasteiger partial charge in [0.2, 0.25) is 5.60 Å². The summed E-state index contributed by atoms with van der Waals surface area (Å²) in [5.41, 5.74) is -1.60. The van der Waals surface area contributed by atoms with Crippen molar-refractivity contribution in [3.05, 3.63) is 47.5 Å². The second-order valence-electron chi connectivity index (χ2n) is 7.26. The minimum Gasteiger partial charge on any atom is -0.373 e. The molecule has 1 saturated heterocycles. The first-order valence-electron chi connectivity index (χ1n) is 8.91. The molecule has 0 spiro atoms. The number of nitrogens with zero attached hydrogens (tertiary/aromatic N) is 3. The summed E-state index contributed by atoms with van der Waals surface area (Å²) in [6, 6.07) is 6.54. The molecule has 1 aliphatic rings. The molecule has 1 atom stereocenters. The van der Waals surface area contributed by atoms with E-state index >= 15 is 0 Å². The summed E-state index contributed by atoms with van der Waals surface area (Å²) in [4.78, 5) is 13.1. The first-order chi connectivity index (χ1) is 13.0. The fourth-order valence-corrected chi connectivity index (χ4v) is 3.42. The van der Waals surface area contributed by atoms with Crippen LogP contribution in [0.4, 0.5) is 17.6 Å². The van der Waals surface area contributed by atoms with Crippen molar-refractivity contribution in [2.45, 2.75) is 44.4 Å². The molecule has 3 rings (SSSR count). The first kappa shape index (κ1) is 20.3. The van der Waals surface area contributed by atoms with Crippen LogP contribution in [0.1, 0.15) is 36.9 Å². The zero-order valence-corrected chi connectivity index (χ0v) is 15.5. The topological polar surface area (TPSA) is 58.4 Å². The largest absolute Gasteiger partial charge is 0.426 e. The maximum Gasteiger partial charge on any atom is 0.426 e. The fraction of sp³-hybridized carbons (Fsp3) is 0.474. The molecule has 0 radical (unpaired) electrons. The van der Waals surface area contributed by atoms with Gasteiger partial charge in [-0.2, -0.15) is 18.3 Å². The van der Waals surface area contributed by atoms with E-state index in [0.29, 0.717) is 25.5 Å². The van der Waals surface area contributed by atoms with Crippen LogP contribution in [0.5, 0.6) is 0 Å². The molecule has 9 heteroatoms. The molecule has 1 aliphatic heterocycles. The van der Waals surface area contributed by atoms with Crippen LogP contribution in [0.3, 0.4) is 0 Å². The van der Waals surface area contributed by atoms with E-state index in [-0.39, 0.29) is 19.0 Å². The number of piperidine rings is 1. The summed E-state index contributed by atoms with van der Waals surface area (Å²) in [5, 5.41) is 13.8. The van der Waals surface area contributed by atoms with Crippen molar-refractivity contribution in [1.82, 2.24) is 14.7 Å². The number of alkyl halides is 3. The Hall–Kier alpha value is -2.42. The average molecular weight is 399 g/mol. The molecule has 1 aromatic heterocycles. The van der Waals surface area contributed by atoms with Gasteiger partial charge >= 0.3 is 6.18 Å². The van der Waals surface area contributed by atoms with Crippen molar-refractivity contribution < 1.29 is 27.5 Å². The number of carbonyl (C=O) groups excluding carboxylic acids is 1. The van der Waals surface area contributed by atoms with Gasteiger partial charge in [0.15, 0.2) is 0 Å². The minimum atomic E-state index is -5.04. The number of carbonyl (C=O) groups is 1. The van der Waals surface area contributed by atoms with Crippen LogP contribution in [0, 0.1) is 12.7 Å². The molecule has 1 N–H and O–H groups in total. The van der Waals surface area contributed by atoms with E-state index in [1.165, 1.54) is 10.7 Å². The number of hydrogen-bond donors (Lipinski definition) is 1. The predicted octanol–water partition coefficient (Wildman–Crippen LogP) is 3.34. The van der Waals surface area contributed by atoms with E-state index < -0.39 is 23.5 Å². The van der Waals surface area contributed by atoms with Crippen LogP contribution >= 0.6 is 0 Å². The van der Waals surface area contributed by atoms with Gasteiger partial charge in [-0.15, -0.1) is 0 Å². The molecule has 1 amide bonds. The average Bonchev–Trinajstić information content (AvgIpc) is 3.09. The van der Waals surface area contributed by atoms with Gasteiger partial charge in [0.05, 0.1) is 0 Å². The van der Waals surface area contributed by atoms with Crippen molar-refractivity contribution >= 4 is 5.91 Å². The van der Waals surface area contributed by atoms with Crippen molar-refractivity contribution in [3.63, 3.8) is 0 Å². The van der Waals surface area contributed by atoms with Crippen molar-refractivity contribution in [3.8, 4) is 5.69 Å². The normalized spacial score (nSPS) is 18.2. The molecule has 0 saturated carbocycles. The van der Waals surface area contributed by atoms with Gasteiger partial charge < -0.3 is 10.0 Å². The summed E-state index contributed by atoms with van der Waals surface area (Å²) in [6.45, 7) is 2.38. The Bertz CT molecular complexity index is 868. The Labute approximate surface area is 159 Å². The number of halogens is 4. The van der Waals surface area contributed by atoms with Crippen LogP contribution in [0.2, 0.25) is 0 Å². The van der Waals surface area contributed by atoms with Gasteiger partial charge in [0.1, 0.15) is 11.5 Å². The third-order valence-electron chi connectivity index (χ3n) is 5.17. The van der Waals surface area contributed by atoms with Gasteiger partial charge in [0, 0.05) is 30.9 Å². The smallest absolute Gasteiger partial charge is 0.373 e. The molecule has 2 aromatic rings. The lowest BCUT2D eigenvalue weighted by Gasteiger charge is -2.36. The summed E-state index contributed by atoms with van der Waals surface area (Å²) in [7, 11) is 0. The van der Waals surface area contributed by atoms with Crippen molar-refractivity contribution in [2.24, 2.45) is 0 Å². The Morgan fingerprint density at radius 2 is 1.86 bits per heavy atom. The summed E-state index contributed by atoms with van der Waals surface area (Å²) >= 11 is 0. The molecule has 0 bridgehead atoms. The summed E-state index contributed by atoms with van der Waals surface area (Å²) in [5.74, 6) is -1.86. The quantitative estimate of drug-likeness (QED) is 0.806. The Morgan fingerprint density at radius 1 is 1.21 bits per heavy atom. The zero-order valence-electron chi connectivity index (χ0n) is 15.5. The number of aromatic nitrogens is 2. The molecule has 0 aliphatic carbocycles. The number of likely N-dealkylation sites (tertiary alicyclic amines) is 1. The van der Waals surface area contributed by atoms with E-state index in [1.807, 2.05) is 0 Å². The lowest BCUT2D eigenvalue weighted by Crippen LogP contribution is -2.57. The predicted molar refractivity (Wildman–Crippen MR) is 93.5 cm³/mol. The molecule has 0 unspecified atom stereocenters. The molecule has 5 nitrogen and oxygen atoms in total. The van der Waals surface area contributed by atoms with Gasteiger partial charge in [-0.25, -0.2) is 9.07 Å². The van der Waals surface area contributed by atoms with Crippen LogP contribution in [-0.4, -0.2) is 50.6 Å². The highest BCUT2D eigenvalue weighted by atomic mass is 19.4. The number of amides is 1. The Kier molecular flexibility index (Phi) is 5.22. The molecule has 1 fully saturated rings. The van der Waals surface area contributed by atoms with E-state index in [0.717, 1.165) is 16.2 Å². The maximum absolute atomic E-state index is 14.3. The minimum absolute atomic E-state index is 0.0668. The second kappa shape index (κ2) is 7.20. The maximum atomic E-state index is 14.3. The van der Waals surface area contributed by atoms with Gasteiger partial charge in [-0.3, -0.25) is 4.79 Å². The molecule has 1 aromatic carbocycles. The van der Waals surface area contributed by atoms with E-state index in [2.05, 4.69) is 5.10 Å². The van der Waals surface area contributed by atoms with E-state index in [1.54, 1.807) is 31.3 Å². The van der Waals surface area contributed by atoms with Gasteiger partial charge in [0.25, 0.3) is 5.91 Å². The lowest BCUT2D eigenvalue weighted by molar-refractivity contribution is -0.250. The number of hydrogen-bond acceptors (Lipinski definition) is 3. The highest BCUT2D eigenvalue weighted by Crippen LogP contribution is 2.35. The van der Waals surface area contributed by atoms with E-state index in [9.17, 15) is 27.5 Å². The third-order valence-corrected chi connectivity index (χ3v) is 5.17. The van der Waals surface area contributed by atoms with Gasteiger partial charge in [-0.05, 0) is 50.5 Å². The van der Waals surface area contributed by atoms with Crippen molar-refractivity contribution in [2.75, 3.05) is 13.1 Å². The Balaban J connectivity index is 1.75. The summed E-state index contributed by atoms with van der Waals surface area (Å²) in [6.07, 6.45) is -2.72. The molecule has 28 heavy (non-hydrogen) atoms. The van der Waals surface area contributed by atoms with Crippen molar-refractivity contribution in [1.29, 1.82) is 0 Å². The first-order valence-corrected chi connectivity index (χ1v) is 8.91.